The lowest BCUT2D eigenvalue weighted by atomic mass is 9.84. The first-order chi connectivity index (χ1) is 7.61. The van der Waals surface area contributed by atoms with Gasteiger partial charge in [0, 0.05) is 12.5 Å². The van der Waals surface area contributed by atoms with E-state index in [1.54, 1.807) is 6.92 Å². The first kappa shape index (κ1) is 12.7. The minimum absolute atomic E-state index is 0.141. The molecule has 0 aromatic heterocycles. The van der Waals surface area contributed by atoms with Gasteiger partial charge in [-0.05, 0) is 38.5 Å². The van der Waals surface area contributed by atoms with Crippen LogP contribution >= 0.6 is 0 Å². The second-order valence-corrected chi connectivity index (χ2v) is 4.09. The van der Waals surface area contributed by atoms with Crippen LogP contribution < -0.4 is 0 Å². The summed E-state index contributed by atoms with van der Waals surface area (Å²) in [5.74, 6) is -0.665. The van der Waals surface area contributed by atoms with E-state index in [0.717, 1.165) is 31.3 Å². The van der Waals surface area contributed by atoms with E-state index in [0.29, 0.717) is 18.9 Å². The summed E-state index contributed by atoms with van der Waals surface area (Å²) in [7, 11) is 0. The summed E-state index contributed by atoms with van der Waals surface area (Å²) in [6.07, 6.45) is 5.11. The number of carbonyl (C=O) groups is 2. The van der Waals surface area contributed by atoms with E-state index in [2.05, 4.69) is 0 Å². The Morgan fingerprint density at radius 1 is 1.44 bits per heavy atom. The summed E-state index contributed by atoms with van der Waals surface area (Å²) in [4.78, 5) is 21.7. The van der Waals surface area contributed by atoms with Crippen LogP contribution in [-0.4, -0.2) is 23.7 Å². The topological polar surface area (TPSA) is 63.6 Å². The van der Waals surface area contributed by atoms with Gasteiger partial charge in [0.05, 0.1) is 6.61 Å². The normalized spacial score (nSPS) is 20.3. The fourth-order valence-electron chi connectivity index (χ4n) is 2.03. The third-order valence-corrected chi connectivity index (χ3v) is 2.84. The van der Waals surface area contributed by atoms with Gasteiger partial charge in [0.2, 0.25) is 0 Å². The van der Waals surface area contributed by atoms with Crippen molar-refractivity contribution in [2.45, 2.75) is 39.0 Å². The van der Waals surface area contributed by atoms with E-state index >= 15 is 0 Å². The maximum absolute atomic E-state index is 11.2. The predicted octanol–water partition coefficient (Wildman–Crippen LogP) is 2.14. The molecule has 0 unspecified atom stereocenters. The van der Waals surface area contributed by atoms with Crippen LogP contribution in [0.15, 0.2) is 11.6 Å². The van der Waals surface area contributed by atoms with Crippen LogP contribution in [0.1, 0.15) is 39.0 Å². The lowest BCUT2D eigenvalue weighted by Crippen LogP contribution is -2.15. The molecular weight excluding hydrogens is 208 g/mol. The summed E-state index contributed by atoms with van der Waals surface area (Å²) >= 11 is 0. The van der Waals surface area contributed by atoms with E-state index in [1.165, 1.54) is 6.08 Å². The Kier molecular flexibility index (Phi) is 5.02. The van der Waals surface area contributed by atoms with E-state index in [9.17, 15) is 9.59 Å². The van der Waals surface area contributed by atoms with Gasteiger partial charge in [-0.3, -0.25) is 4.79 Å². The number of carboxylic acid groups (broad SMARTS) is 1. The van der Waals surface area contributed by atoms with Gasteiger partial charge in [-0.15, -0.1) is 0 Å². The fourth-order valence-corrected chi connectivity index (χ4v) is 2.03. The minimum Gasteiger partial charge on any atom is -0.478 e. The number of allylic oxidation sites excluding steroid dienone is 1. The molecule has 0 aromatic carbocycles. The van der Waals surface area contributed by atoms with Gasteiger partial charge >= 0.3 is 11.9 Å². The average Bonchev–Trinajstić information content (AvgIpc) is 2.20. The zero-order valence-corrected chi connectivity index (χ0v) is 9.57. The lowest BCUT2D eigenvalue weighted by Gasteiger charge is -2.22. The summed E-state index contributed by atoms with van der Waals surface area (Å²) in [6.45, 7) is 2.22. The van der Waals surface area contributed by atoms with Crippen LogP contribution in [0.5, 0.6) is 0 Å². The Morgan fingerprint density at radius 3 is 2.56 bits per heavy atom. The summed E-state index contributed by atoms with van der Waals surface area (Å²) in [5, 5.41) is 8.60. The molecule has 0 aliphatic heterocycles. The molecule has 1 N–H and O–H groups in total. The highest BCUT2D eigenvalue weighted by Gasteiger charge is 2.20. The van der Waals surface area contributed by atoms with E-state index in [-0.39, 0.29) is 5.97 Å². The van der Waals surface area contributed by atoms with Crippen LogP contribution in [0, 0.1) is 5.92 Å². The molecule has 1 saturated carbocycles. The van der Waals surface area contributed by atoms with Gasteiger partial charge in [0.1, 0.15) is 0 Å². The van der Waals surface area contributed by atoms with E-state index in [4.69, 9.17) is 9.84 Å². The number of aliphatic carboxylic acids is 1. The molecule has 1 aliphatic rings. The standard InChI is InChI=1S/C12H18O4/c1-2-16-12(15)8-10-5-3-9(4-6-10)7-11(13)14/h7,10H,2-6,8H2,1H3,(H,13,14). The van der Waals surface area contributed by atoms with Gasteiger partial charge in [0.25, 0.3) is 0 Å². The highest BCUT2D eigenvalue weighted by Crippen LogP contribution is 2.30. The third-order valence-electron chi connectivity index (χ3n) is 2.84. The molecule has 16 heavy (non-hydrogen) atoms. The van der Waals surface area contributed by atoms with Crippen LogP contribution in [0.4, 0.5) is 0 Å². The van der Waals surface area contributed by atoms with Crippen LogP contribution in [0.25, 0.3) is 0 Å². The first-order valence-corrected chi connectivity index (χ1v) is 5.69. The molecule has 0 saturated heterocycles. The number of hydrogen-bond acceptors (Lipinski definition) is 3. The Balaban J connectivity index is 2.32. The Labute approximate surface area is 95.3 Å². The lowest BCUT2D eigenvalue weighted by molar-refractivity contribution is -0.144. The molecule has 0 heterocycles. The van der Waals surface area contributed by atoms with Crippen LogP contribution in [0.3, 0.4) is 0 Å². The molecule has 0 aromatic rings. The number of rotatable bonds is 4. The molecule has 4 heteroatoms. The highest BCUT2D eigenvalue weighted by atomic mass is 16.5. The summed E-state index contributed by atoms with van der Waals surface area (Å²) in [5.41, 5.74) is 0.979. The zero-order chi connectivity index (χ0) is 12.0. The van der Waals surface area contributed by atoms with Crippen molar-refractivity contribution >= 4 is 11.9 Å². The molecule has 0 amide bonds. The largest absolute Gasteiger partial charge is 0.478 e. The predicted molar refractivity (Wildman–Crippen MR) is 58.9 cm³/mol. The van der Waals surface area contributed by atoms with Crippen molar-refractivity contribution in [1.29, 1.82) is 0 Å². The number of hydrogen-bond donors (Lipinski definition) is 1. The zero-order valence-electron chi connectivity index (χ0n) is 9.57. The van der Waals surface area contributed by atoms with Gasteiger partial charge < -0.3 is 9.84 Å². The Hall–Kier alpha value is -1.32. The smallest absolute Gasteiger partial charge is 0.328 e. The molecule has 1 fully saturated rings. The molecule has 1 aliphatic carbocycles. The number of esters is 1. The second kappa shape index (κ2) is 6.30. The van der Waals surface area contributed by atoms with Gasteiger partial charge in [-0.25, -0.2) is 4.79 Å². The average molecular weight is 226 g/mol. The molecule has 90 valence electrons. The first-order valence-electron chi connectivity index (χ1n) is 5.69. The molecule has 0 radical (unpaired) electrons. The van der Waals surface area contributed by atoms with Gasteiger partial charge in [0.15, 0.2) is 0 Å². The van der Waals surface area contributed by atoms with Crippen molar-refractivity contribution in [2.24, 2.45) is 5.92 Å². The molecule has 1 rings (SSSR count). The van der Waals surface area contributed by atoms with Crippen LogP contribution in [0.2, 0.25) is 0 Å². The van der Waals surface area contributed by atoms with Crippen LogP contribution in [-0.2, 0) is 14.3 Å². The monoisotopic (exact) mass is 226 g/mol. The van der Waals surface area contributed by atoms with Gasteiger partial charge in [-0.2, -0.15) is 0 Å². The Morgan fingerprint density at radius 2 is 2.06 bits per heavy atom. The van der Waals surface area contributed by atoms with Crippen molar-refractivity contribution < 1.29 is 19.4 Å². The van der Waals surface area contributed by atoms with Crippen molar-refractivity contribution in [3.8, 4) is 0 Å². The fraction of sp³-hybridized carbons (Fsp3) is 0.667. The second-order valence-electron chi connectivity index (χ2n) is 4.09. The molecule has 0 atom stereocenters. The highest BCUT2D eigenvalue weighted by molar-refractivity contribution is 5.80. The third kappa shape index (κ3) is 4.47. The van der Waals surface area contributed by atoms with E-state index < -0.39 is 5.97 Å². The summed E-state index contributed by atoms with van der Waals surface area (Å²) in [6, 6.07) is 0. The van der Waals surface area contributed by atoms with Crippen molar-refractivity contribution in [1.82, 2.24) is 0 Å². The molecule has 0 bridgehead atoms. The maximum Gasteiger partial charge on any atom is 0.328 e. The van der Waals surface area contributed by atoms with E-state index in [1.807, 2.05) is 0 Å². The molecule has 4 nitrogen and oxygen atoms in total. The minimum atomic E-state index is -0.876. The van der Waals surface area contributed by atoms with Crippen molar-refractivity contribution in [3.05, 3.63) is 11.6 Å². The number of carboxylic acids is 1. The molecular formula is C12H18O4. The number of carbonyl (C=O) groups excluding carboxylic acids is 1. The maximum atomic E-state index is 11.2. The van der Waals surface area contributed by atoms with Crippen molar-refractivity contribution in [2.75, 3.05) is 6.61 Å². The Bertz CT molecular complexity index is 283. The SMILES string of the molecule is CCOC(=O)CC1CCC(=CC(=O)O)CC1. The number of ether oxygens (including phenoxy) is 1. The van der Waals surface area contributed by atoms with Gasteiger partial charge in [-0.1, -0.05) is 5.57 Å². The molecule has 0 spiro atoms. The van der Waals surface area contributed by atoms with Crippen molar-refractivity contribution in [3.63, 3.8) is 0 Å². The quantitative estimate of drug-likeness (QED) is 0.589. The summed E-state index contributed by atoms with van der Waals surface area (Å²) < 4.78 is 4.89.